The number of rotatable bonds is 6. The molecule has 0 spiro atoms. The molecule has 0 atom stereocenters. The van der Waals surface area contributed by atoms with Crippen molar-refractivity contribution >= 4 is 29.1 Å². The Bertz CT molecular complexity index is 943. The lowest BCUT2D eigenvalue weighted by atomic mass is 10.2. The fourth-order valence-electron chi connectivity index (χ4n) is 2.47. The summed E-state index contributed by atoms with van der Waals surface area (Å²) in [6.07, 6.45) is 3.45. The molecule has 0 saturated carbocycles. The topological polar surface area (TPSA) is 106 Å². The Hall–Kier alpha value is -3.87. The standard InChI is InChI=1S/C21H20N4O3/c22-18-5-1-2-6-19(18)25-20(26)16-7-9-17(10-8-16)24-21(27)28-13-11-15-4-3-12-23-14-15/h1-10,12,14H,11,13,22H2,(H,24,27)(H,25,26). The minimum atomic E-state index is -0.557. The van der Waals surface area contributed by atoms with Crippen LogP contribution in [-0.4, -0.2) is 23.6 Å². The Balaban J connectivity index is 1.49. The van der Waals surface area contributed by atoms with E-state index >= 15 is 0 Å². The molecule has 7 nitrogen and oxygen atoms in total. The molecule has 3 aromatic rings. The van der Waals surface area contributed by atoms with Crippen LogP contribution < -0.4 is 16.4 Å². The molecule has 0 unspecified atom stereocenters. The number of hydrogen-bond acceptors (Lipinski definition) is 5. The third kappa shape index (κ3) is 5.31. The third-order valence-corrected chi connectivity index (χ3v) is 3.95. The van der Waals surface area contributed by atoms with Gasteiger partial charge in [-0.2, -0.15) is 0 Å². The van der Waals surface area contributed by atoms with E-state index in [4.69, 9.17) is 10.5 Å². The number of carbonyl (C=O) groups is 2. The molecule has 1 heterocycles. The second-order valence-corrected chi connectivity index (χ2v) is 5.99. The molecule has 28 heavy (non-hydrogen) atoms. The van der Waals surface area contributed by atoms with Crippen molar-refractivity contribution in [3.8, 4) is 0 Å². The van der Waals surface area contributed by atoms with Crippen LogP contribution in [0.2, 0.25) is 0 Å². The number of para-hydroxylation sites is 2. The Morgan fingerprint density at radius 3 is 2.46 bits per heavy atom. The van der Waals surface area contributed by atoms with E-state index in [-0.39, 0.29) is 12.5 Å². The highest BCUT2D eigenvalue weighted by molar-refractivity contribution is 6.06. The first kappa shape index (κ1) is 18.9. The van der Waals surface area contributed by atoms with E-state index in [1.165, 1.54) is 0 Å². The predicted molar refractivity (Wildman–Crippen MR) is 108 cm³/mol. The molecule has 7 heteroatoms. The van der Waals surface area contributed by atoms with Crippen molar-refractivity contribution in [2.75, 3.05) is 23.0 Å². The zero-order valence-corrected chi connectivity index (χ0v) is 15.1. The zero-order valence-electron chi connectivity index (χ0n) is 15.1. The number of hydrogen-bond donors (Lipinski definition) is 3. The quantitative estimate of drug-likeness (QED) is 0.569. The van der Waals surface area contributed by atoms with Gasteiger partial charge in [-0.3, -0.25) is 15.1 Å². The van der Waals surface area contributed by atoms with Crippen molar-refractivity contribution in [2.24, 2.45) is 0 Å². The van der Waals surface area contributed by atoms with Crippen LogP contribution in [0.15, 0.2) is 73.1 Å². The maximum absolute atomic E-state index is 12.3. The summed E-state index contributed by atoms with van der Waals surface area (Å²) in [4.78, 5) is 28.2. The van der Waals surface area contributed by atoms with Crippen LogP contribution in [0, 0.1) is 0 Å². The van der Waals surface area contributed by atoms with Gasteiger partial charge >= 0.3 is 6.09 Å². The number of carbonyl (C=O) groups excluding carboxylic acids is 2. The molecule has 3 rings (SSSR count). The van der Waals surface area contributed by atoms with Crippen LogP contribution in [-0.2, 0) is 11.2 Å². The SMILES string of the molecule is Nc1ccccc1NC(=O)c1ccc(NC(=O)OCCc2cccnc2)cc1. The molecule has 142 valence electrons. The van der Waals surface area contributed by atoms with Crippen LogP contribution in [0.1, 0.15) is 15.9 Å². The summed E-state index contributed by atoms with van der Waals surface area (Å²) >= 11 is 0. The van der Waals surface area contributed by atoms with E-state index in [1.807, 2.05) is 12.1 Å². The first-order valence-electron chi connectivity index (χ1n) is 8.70. The highest BCUT2D eigenvalue weighted by atomic mass is 16.5. The molecule has 0 aliphatic rings. The lowest BCUT2D eigenvalue weighted by Gasteiger charge is -2.09. The predicted octanol–water partition coefficient (Wildman–Crippen LogP) is 3.71. The molecular weight excluding hydrogens is 356 g/mol. The molecule has 0 aliphatic carbocycles. The molecule has 4 N–H and O–H groups in total. The minimum absolute atomic E-state index is 0.247. The number of benzene rings is 2. The van der Waals surface area contributed by atoms with E-state index in [9.17, 15) is 9.59 Å². The van der Waals surface area contributed by atoms with Crippen molar-refractivity contribution in [3.05, 3.63) is 84.2 Å². The maximum atomic E-state index is 12.3. The summed E-state index contributed by atoms with van der Waals surface area (Å²) < 4.78 is 5.15. The second-order valence-electron chi connectivity index (χ2n) is 5.99. The molecular formula is C21H20N4O3. The van der Waals surface area contributed by atoms with Gasteiger partial charge in [0, 0.05) is 30.1 Å². The fourth-order valence-corrected chi connectivity index (χ4v) is 2.47. The maximum Gasteiger partial charge on any atom is 0.411 e. The molecule has 0 saturated heterocycles. The highest BCUT2D eigenvalue weighted by Crippen LogP contribution is 2.18. The van der Waals surface area contributed by atoms with Gasteiger partial charge in [-0.25, -0.2) is 4.79 Å². The van der Waals surface area contributed by atoms with Crippen molar-refractivity contribution in [1.82, 2.24) is 4.98 Å². The molecule has 0 bridgehead atoms. The van der Waals surface area contributed by atoms with Gasteiger partial charge in [0.05, 0.1) is 18.0 Å². The smallest absolute Gasteiger partial charge is 0.411 e. The Morgan fingerprint density at radius 2 is 1.75 bits per heavy atom. The molecule has 0 fully saturated rings. The first-order valence-corrected chi connectivity index (χ1v) is 8.70. The number of pyridine rings is 1. The highest BCUT2D eigenvalue weighted by Gasteiger charge is 2.09. The summed E-state index contributed by atoms with van der Waals surface area (Å²) in [5.41, 5.74) is 8.82. The van der Waals surface area contributed by atoms with Crippen molar-refractivity contribution in [1.29, 1.82) is 0 Å². The molecule has 2 aromatic carbocycles. The Morgan fingerprint density at radius 1 is 0.964 bits per heavy atom. The normalized spacial score (nSPS) is 10.1. The van der Waals surface area contributed by atoms with Crippen molar-refractivity contribution in [3.63, 3.8) is 0 Å². The van der Waals surface area contributed by atoms with Gasteiger partial charge in [0.1, 0.15) is 0 Å². The third-order valence-electron chi connectivity index (χ3n) is 3.95. The monoisotopic (exact) mass is 376 g/mol. The number of nitrogens with two attached hydrogens (primary N) is 1. The first-order chi connectivity index (χ1) is 13.6. The zero-order chi connectivity index (χ0) is 19.8. The van der Waals surface area contributed by atoms with E-state index in [2.05, 4.69) is 15.6 Å². The number of aromatic nitrogens is 1. The van der Waals surface area contributed by atoms with Gasteiger partial charge in [-0.05, 0) is 48.0 Å². The number of amides is 2. The molecule has 0 radical (unpaired) electrons. The Kier molecular flexibility index (Phi) is 6.20. The van der Waals surface area contributed by atoms with E-state index in [0.717, 1.165) is 5.56 Å². The van der Waals surface area contributed by atoms with E-state index in [1.54, 1.807) is 60.9 Å². The van der Waals surface area contributed by atoms with Gasteiger partial charge < -0.3 is 15.8 Å². The van der Waals surface area contributed by atoms with Crippen LogP contribution in [0.25, 0.3) is 0 Å². The fraction of sp³-hybridized carbons (Fsp3) is 0.0952. The van der Waals surface area contributed by atoms with Crippen molar-refractivity contribution < 1.29 is 14.3 Å². The summed E-state index contributed by atoms with van der Waals surface area (Å²) in [6.45, 7) is 0.247. The number of anilines is 3. The average Bonchev–Trinajstić information content (AvgIpc) is 2.71. The largest absolute Gasteiger partial charge is 0.449 e. The van der Waals surface area contributed by atoms with Gasteiger partial charge in [-0.1, -0.05) is 18.2 Å². The summed E-state index contributed by atoms with van der Waals surface area (Å²) in [5.74, 6) is -0.288. The number of nitrogens with one attached hydrogen (secondary N) is 2. The number of nitrogen functional groups attached to an aromatic ring is 1. The molecule has 1 aromatic heterocycles. The van der Waals surface area contributed by atoms with E-state index < -0.39 is 6.09 Å². The van der Waals surface area contributed by atoms with Crippen LogP contribution in [0.4, 0.5) is 21.9 Å². The van der Waals surface area contributed by atoms with Crippen LogP contribution >= 0.6 is 0 Å². The van der Waals surface area contributed by atoms with Gasteiger partial charge in [0.15, 0.2) is 0 Å². The summed E-state index contributed by atoms with van der Waals surface area (Å²) in [5, 5.41) is 5.37. The summed E-state index contributed by atoms with van der Waals surface area (Å²) in [6, 6.07) is 17.3. The lowest BCUT2D eigenvalue weighted by Crippen LogP contribution is -2.16. The van der Waals surface area contributed by atoms with Crippen molar-refractivity contribution in [2.45, 2.75) is 6.42 Å². The number of ether oxygens (including phenoxy) is 1. The lowest BCUT2D eigenvalue weighted by molar-refractivity contribution is 0.102. The second kappa shape index (κ2) is 9.18. The van der Waals surface area contributed by atoms with Gasteiger partial charge in [0.25, 0.3) is 5.91 Å². The van der Waals surface area contributed by atoms with Crippen LogP contribution in [0.3, 0.4) is 0 Å². The average molecular weight is 376 g/mol. The van der Waals surface area contributed by atoms with E-state index in [0.29, 0.717) is 29.0 Å². The summed E-state index contributed by atoms with van der Waals surface area (Å²) in [7, 11) is 0. The van der Waals surface area contributed by atoms with Gasteiger partial charge in [-0.15, -0.1) is 0 Å². The minimum Gasteiger partial charge on any atom is -0.449 e. The van der Waals surface area contributed by atoms with Crippen LogP contribution in [0.5, 0.6) is 0 Å². The van der Waals surface area contributed by atoms with Gasteiger partial charge in [0.2, 0.25) is 0 Å². The molecule has 2 amide bonds. The molecule has 0 aliphatic heterocycles. The number of nitrogens with zero attached hydrogens (tertiary/aromatic N) is 1. The Labute approximate surface area is 162 Å².